The molecule has 0 atom stereocenters. The minimum absolute atomic E-state index is 0.331. The maximum Gasteiger partial charge on any atom is 0.271 e. The molecule has 114 valence electrons. The smallest absolute Gasteiger partial charge is 0.271 e. The van der Waals surface area contributed by atoms with E-state index in [9.17, 15) is 8.42 Å². The van der Waals surface area contributed by atoms with Crippen molar-refractivity contribution in [2.45, 2.75) is 24.6 Å². The number of rotatable bonds is 6. The topological polar surface area (TPSA) is 58.2 Å². The molecule has 0 bridgehead atoms. The van der Waals surface area contributed by atoms with Crippen molar-refractivity contribution in [3.8, 4) is 0 Å². The average Bonchev–Trinajstić information content (AvgIpc) is 2.89. The molecule has 0 spiro atoms. The predicted molar refractivity (Wildman–Crippen MR) is 91.4 cm³/mol. The van der Waals surface area contributed by atoms with Gasteiger partial charge in [-0.2, -0.15) is 0 Å². The Morgan fingerprint density at radius 1 is 1.24 bits per heavy atom. The number of aryl methyl sites for hydroxylation is 1. The van der Waals surface area contributed by atoms with Crippen LogP contribution in [0.15, 0.2) is 39.0 Å². The molecule has 0 aliphatic heterocycles. The Balaban J connectivity index is 2.19. The summed E-state index contributed by atoms with van der Waals surface area (Å²) >= 11 is 4.65. The van der Waals surface area contributed by atoms with E-state index in [0.29, 0.717) is 16.4 Å². The molecule has 2 aromatic rings. The lowest BCUT2D eigenvalue weighted by Gasteiger charge is -2.09. The second-order valence-electron chi connectivity index (χ2n) is 4.57. The fourth-order valence-corrected chi connectivity index (χ4v) is 4.71. The van der Waals surface area contributed by atoms with Gasteiger partial charge in [-0.15, -0.1) is 11.3 Å². The van der Waals surface area contributed by atoms with Crippen molar-refractivity contribution >= 4 is 43.0 Å². The molecule has 4 nitrogen and oxygen atoms in total. The van der Waals surface area contributed by atoms with E-state index in [-0.39, 0.29) is 0 Å². The number of sulfonamides is 1. The molecule has 7 heteroatoms. The summed E-state index contributed by atoms with van der Waals surface area (Å²) in [4.78, 5) is 1.00. The summed E-state index contributed by atoms with van der Waals surface area (Å²) in [5.74, 6) is 0. The van der Waals surface area contributed by atoms with Crippen LogP contribution in [0.3, 0.4) is 0 Å². The van der Waals surface area contributed by atoms with Gasteiger partial charge in [-0.1, -0.05) is 22.9 Å². The number of halogens is 1. The molecule has 0 fully saturated rings. The minimum Gasteiger partial charge on any atom is -0.312 e. The highest BCUT2D eigenvalue weighted by Gasteiger charge is 2.17. The van der Waals surface area contributed by atoms with E-state index in [1.807, 2.05) is 32.0 Å². The molecule has 0 radical (unpaired) electrons. The van der Waals surface area contributed by atoms with E-state index in [1.54, 1.807) is 12.1 Å². The molecule has 21 heavy (non-hydrogen) atoms. The van der Waals surface area contributed by atoms with Gasteiger partial charge in [-0.05, 0) is 49.4 Å². The maximum atomic E-state index is 12.4. The fraction of sp³-hybridized carbons (Fsp3) is 0.286. The number of nitrogens with one attached hydrogen (secondary N) is 2. The Morgan fingerprint density at radius 3 is 2.67 bits per heavy atom. The molecule has 0 unspecified atom stereocenters. The van der Waals surface area contributed by atoms with E-state index >= 15 is 0 Å². The van der Waals surface area contributed by atoms with E-state index in [0.717, 1.165) is 21.5 Å². The Morgan fingerprint density at radius 2 is 2.00 bits per heavy atom. The third kappa shape index (κ3) is 4.29. The van der Waals surface area contributed by atoms with Crippen LogP contribution >= 0.6 is 27.3 Å². The zero-order valence-electron chi connectivity index (χ0n) is 11.8. The third-order valence-corrected chi connectivity index (χ3v) is 6.32. The first-order chi connectivity index (χ1) is 9.92. The van der Waals surface area contributed by atoms with Crippen LogP contribution in [0.4, 0.5) is 5.69 Å². The average molecular weight is 389 g/mol. The van der Waals surface area contributed by atoms with Gasteiger partial charge in [0.2, 0.25) is 0 Å². The van der Waals surface area contributed by atoms with Gasteiger partial charge in [0.15, 0.2) is 0 Å². The molecule has 0 aliphatic carbocycles. The van der Waals surface area contributed by atoms with E-state index in [2.05, 4.69) is 26.0 Å². The molecular formula is C14H17BrN2O2S2. The summed E-state index contributed by atoms with van der Waals surface area (Å²) in [6.45, 7) is 5.43. The van der Waals surface area contributed by atoms with Crippen molar-refractivity contribution < 1.29 is 8.42 Å². The van der Waals surface area contributed by atoms with Gasteiger partial charge >= 0.3 is 0 Å². The lowest BCUT2D eigenvalue weighted by molar-refractivity contribution is 0.603. The summed E-state index contributed by atoms with van der Waals surface area (Å²) in [6, 6.07) is 8.94. The van der Waals surface area contributed by atoms with Crippen LogP contribution < -0.4 is 10.0 Å². The Hall–Kier alpha value is -0.890. The number of hydrogen-bond donors (Lipinski definition) is 2. The molecular weight excluding hydrogens is 372 g/mol. The summed E-state index contributed by atoms with van der Waals surface area (Å²) in [7, 11) is -3.53. The highest BCUT2D eigenvalue weighted by Crippen LogP contribution is 2.26. The minimum atomic E-state index is -3.53. The fourth-order valence-electron chi connectivity index (χ4n) is 1.78. The van der Waals surface area contributed by atoms with Gasteiger partial charge in [-0.3, -0.25) is 4.72 Å². The molecule has 1 heterocycles. The highest BCUT2D eigenvalue weighted by molar-refractivity contribution is 9.10. The van der Waals surface area contributed by atoms with Crippen molar-refractivity contribution in [1.29, 1.82) is 0 Å². The molecule has 0 aliphatic rings. The molecule has 1 aromatic carbocycles. The number of hydrogen-bond acceptors (Lipinski definition) is 4. The Labute approximate surface area is 137 Å². The first kappa shape index (κ1) is 16.5. The van der Waals surface area contributed by atoms with Gasteiger partial charge < -0.3 is 5.32 Å². The van der Waals surface area contributed by atoms with E-state index < -0.39 is 10.0 Å². The highest BCUT2D eigenvalue weighted by atomic mass is 79.9. The van der Waals surface area contributed by atoms with Gasteiger partial charge in [0.05, 0.1) is 5.69 Å². The van der Waals surface area contributed by atoms with E-state index in [1.165, 1.54) is 11.3 Å². The normalized spacial score (nSPS) is 11.6. The standard InChI is InChI=1S/C14H17BrN2O2S2/c1-3-16-9-12-5-7-14(20-12)21(18,19)17-13-6-4-11(15)8-10(13)2/h4-8,16-17H,3,9H2,1-2H3. The number of thiophene rings is 1. The van der Waals surface area contributed by atoms with Gasteiger partial charge in [0.1, 0.15) is 4.21 Å². The third-order valence-electron chi connectivity index (χ3n) is 2.88. The van der Waals surface area contributed by atoms with Gasteiger partial charge in [0.25, 0.3) is 10.0 Å². The van der Waals surface area contributed by atoms with Crippen molar-refractivity contribution in [3.63, 3.8) is 0 Å². The maximum absolute atomic E-state index is 12.4. The first-order valence-corrected chi connectivity index (χ1v) is 9.60. The molecule has 0 saturated carbocycles. The Bertz CT molecular complexity index is 726. The number of benzene rings is 1. The lowest BCUT2D eigenvalue weighted by Crippen LogP contribution is -2.12. The van der Waals surface area contributed by atoms with Crippen molar-refractivity contribution in [1.82, 2.24) is 5.32 Å². The SMILES string of the molecule is CCNCc1ccc(S(=O)(=O)Nc2ccc(Br)cc2C)s1. The van der Waals surface area contributed by atoms with Crippen molar-refractivity contribution in [3.05, 3.63) is 45.2 Å². The van der Waals surface area contributed by atoms with Crippen LogP contribution in [-0.2, 0) is 16.6 Å². The Kier molecular flexibility index (Phi) is 5.43. The second kappa shape index (κ2) is 6.91. The molecule has 2 N–H and O–H groups in total. The lowest BCUT2D eigenvalue weighted by atomic mass is 10.2. The van der Waals surface area contributed by atoms with Crippen molar-refractivity contribution in [2.24, 2.45) is 0 Å². The van der Waals surface area contributed by atoms with Crippen molar-refractivity contribution in [2.75, 3.05) is 11.3 Å². The zero-order chi connectivity index (χ0) is 15.5. The first-order valence-electron chi connectivity index (χ1n) is 6.51. The predicted octanol–water partition coefficient (Wildman–Crippen LogP) is 3.73. The number of anilines is 1. The van der Waals surface area contributed by atoms with Crippen LogP contribution in [0, 0.1) is 6.92 Å². The molecule has 0 saturated heterocycles. The second-order valence-corrected chi connectivity index (χ2v) is 8.56. The summed E-state index contributed by atoms with van der Waals surface area (Å²) in [6.07, 6.45) is 0. The van der Waals surface area contributed by atoms with Crippen LogP contribution in [0.1, 0.15) is 17.4 Å². The monoisotopic (exact) mass is 388 g/mol. The van der Waals surface area contributed by atoms with Crippen LogP contribution in [0.25, 0.3) is 0 Å². The van der Waals surface area contributed by atoms with Gasteiger partial charge in [0, 0.05) is 15.9 Å². The van der Waals surface area contributed by atoms with E-state index in [4.69, 9.17) is 0 Å². The molecule has 0 amide bonds. The van der Waals surface area contributed by atoms with Gasteiger partial charge in [-0.25, -0.2) is 8.42 Å². The largest absolute Gasteiger partial charge is 0.312 e. The quantitative estimate of drug-likeness (QED) is 0.792. The molecule has 2 rings (SSSR count). The van der Waals surface area contributed by atoms with Crippen LogP contribution in [0.5, 0.6) is 0 Å². The van der Waals surface area contributed by atoms with Crippen LogP contribution in [-0.4, -0.2) is 15.0 Å². The molecule has 1 aromatic heterocycles. The zero-order valence-corrected chi connectivity index (χ0v) is 15.0. The summed E-state index contributed by atoms with van der Waals surface area (Å²) < 4.78 is 28.7. The summed E-state index contributed by atoms with van der Waals surface area (Å²) in [5.41, 5.74) is 1.47. The van der Waals surface area contributed by atoms with Crippen LogP contribution in [0.2, 0.25) is 0 Å². The summed E-state index contributed by atoms with van der Waals surface area (Å²) in [5, 5.41) is 3.18.